The molecule has 1 aromatic heterocycles. The standard InChI is InChI=1S/C25H31BN2O5/c1-7-30-23(29)14-17-10-8-9-11-22(17)31-16-20-19-15-18(12-13-21(19)28(6)27-20)26-32-24(2,3)25(4,5)33-26/h8-13,15H,7,14,16H2,1-6H3. The molecule has 8 heteroatoms. The average Bonchev–Trinajstić information content (AvgIpc) is 3.18. The van der Waals surface area contributed by atoms with Crippen LogP contribution in [0.4, 0.5) is 0 Å². The predicted molar refractivity (Wildman–Crippen MR) is 128 cm³/mol. The van der Waals surface area contributed by atoms with Crippen molar-refractivity contribution in [1.82, 2.24) is 9.78 Å². The summed E-state index contributed by atoms with van der Waals surface area (Å²) in [5, 5.41) is 5.65. The summed E-state index contributed by atoms with van der Waals surface area (Å²) in [6.45, 7) is 10.6. The number of hydrogen-bond donors (Lipinski definition) is 0. The van der Waals surface area contributed by atoms with Gasteiger partial charge in [-0.1, -0.05) is 30.3 Å². The maximum atomic E-state index is 12.0. The summed E-state index contributed by atoms with van der Waals surface area (Å²) >= 11 is 0. The molecule has 1 aliphatic rings. The second-order valence-electron chi connectivity index (χ2n) is 9.31. The van der Waals surface area contributed by atoms with E-state index in [2.05, 4.69) is 11.2 Å². The van der Waals surface area contributed by atoms with Crippen molar-refractivity contribution in [2.45, 2.75) is 58.8 Å². The number of esters is 1. The van der Waals surface area contributed by atoms with Crippen LogP contribution in [0, 0.1) is 0 Å². The number of aryl methyl sites for hydroxylation is 1. The van der Waals surface area contributed by atoms with Crippen molar-refractivity contribution < 1.29 is 23.6 Å². The molecule has 2 aromatic carbocycles. The summed E-state index contributed by atoms with van der Waals surface area (Å²) in [6.07, 6.45) is 0.166. The first-order valence-electron chi connectivity index (χ1n) is 11.3. The molecule has 0 amide bonds. The van der Waals surface area contributed by atoms with E-state index in [1.54, 1.807) is 6.92 Å². The summed E-state index contributed by atoms with van der Waals surface area (Å²) in [4.78, 5) is 12.0. The van der Waals surface area contributed by atoms with Gasteiger partial charge in [-0.25, -0.2) is 0 Å². The Balaban J connectivity index is 1.57. The summed E-state index contributed by atoms with van der Waals surface area (Å²) < 4.78 is 25.5. The first-order chi connectivity index (χ1) is 15.6. The van der Waals surface area contributed by atoms with Crippen molar-refractivity contribution in [3.8, 4) is 5.75 Å². The highest BCUT2D eigenvalue weighted by atomic mass is 16.7. The Morgan fingerprint density at radius 3 is 2.48 bits per heavy atom. The van der Waals surface area contributed by atoms with E-state index in [0.29, 0.717) is 12.4 Å². The van der Waals surface area contributed by atoms with Crippen LogP contribution < -0.4 is 10.2 Å². The van der Waals surface area contributed by atoms with E-state index < -0.39 is 18.3 Å². The van der Waals surface area contributed by atoms with Gasteiger partial charge in [0.05, 0.1) is 29.7 Å². The Morgan fingerprint density at radius 2 is 1.79 bits per heavy atom. The lowest BCUT2D eigenvalue weighted by Gasteiger charge is -2.32. The third-order valence-corrected chi connectivity index (χ3v) is 6.45. The normalized spacial score (nSPS) is 16.8. The number of benzene rings is 2. The molecule has 0 unspecified atom stereocenters. The number of nitrogens with zero attached hydrogens (tertiary/aromatic N) is 2. The van der Waals surface area contributed by atoms with Crippen LogP contribution in [-0.4, -0.2) is 40.7 Å². The van der Waals surface area contributed by atoms with Crippen molar-refractivity contribution in [1.29, 1.82) is 0 Å². The fourth-order valence-electron chi connectivity index (χ4n) is 3.89. The van der Waals surface area contributed by atoms with Crippen LogP contribution in [0.1, 0.15) is 45.9 Å². The van der Waals surface area contributed by atoms with E-state index in [4.69, 9.17) is 18.8 Å². The lowest BCUT2D eigenvalue weighted by atomic mass is 9.78. The number of para-hydroxylation sites is 1. The first-order valence-corrected chi connectivity index (χ1v) is 11.3. The minimum atomic E-state index is -0.446. The van der Waals surface area contributed by atoms with Gasteiger partial charge in [0.15, 0.2) is 0 Å². The van der Waals surface area contributed by atoms with Crippen LogP contribution >= 0.6 is 0 Å². The molecule has 1 saturated heterocycles. The molecule has 174 valence electrons. The summed E-state index contributed by atoms with van der Waals surface area (Å²) in [5.41, 5.74) is 2.71. The Bertz CT molecular complexity index is 1150. The third-order valence-electron chi connectivity index (χ3n) is 6.45. The molecule has 1 aliphatic heterocycles. The fourth-order valence-corrected chi connectivity index (χ4v) is 3.89. The molecule has 0 bridgehead atoms. The Hall–Kier alpha value is -2.84. The van der Waals surface area contributed by atoms with Crippen molar-refractivity contribution >= 4 is 29.5 Å². The Kier molecular flexibility index (Phi) is 6.25. The zero-order valence-corrected chi connectivity index (χ0v) is 20.2. The topological polar surface area (TPSA) is 71.8 Å². The molecule has 2 heterocycles. The third kappa shape index (κ3) is 4.63. The van der Waals surface area contributed by atoms with Crippen LogP contribution in [0.15, 0.2) is 42.5 Å². The monoisotopic (exact) mass is 450 g/mol. The fraction of sp³-hybridized carbons (Fsp3) is 0.440. The molecule has 7 nitrogen and oxygen atoms in total. The van der Waals surface area contributed by atoms with Crippen molar-refractivity contribution in [2.75, 3.05) is 6.61 Å². The van der Waals surface area contributed by atoms with Crippen LogP contribution in [0.5, 0.6) is 5.75 Å². The van der Waals surface area contributed by atoms with E-state index >= 15 is 0 Å². The molecule has 33 heavy (non-hydrogen) atoms. The highest BCUT2D eigenvalue weighted by Crippen LogP contribution is 2.36. The summed E-state index contributed by atoms with van der Waals surface area (Å²) in [5.74, 6) is 0.371. The van der Waals surface area contributed by atoms with Crippen LogP contribution in [0.3, 0.4) is 0 Å². The average molecular weight is 450 g/mol. The quantitative estimate of drug-likeness (QED) is 0.405. The number of ether oxygens (including phenoxy) is 2. The van der Waals surface area contributed by atoms with E-state index in [1.807, 2.05) is 75.8 Å². The van der Waals surface area contributed by atoms with Gasteiger partial charge in [0.2, 0.25) is 0 Å². The van der Waals surface area contributed by atoms with Gasteiger partial charge in [-0.15, -0.1) is 0 Å². The molecular formula is C25H31BN2O5. The predicted octanol–water partition coefficient (Wildman–Crippen LogP) is 3.56. The van der Waals surface area contributed by atoms with E-state index in [0.717, 1.165) is 27.6 Å². The molecule has 3 aromatic rings. The summed E-state index contributed by atoms with van der Waals surface area (Å²) in [6, 6.07) is 13.6. The van der Waals surface area contributed by atoms with Gasteiger partial charge in [0.1, 0.15) is 18.1 Å². The van der Waals surface area contributed by atoms with E-state index in [1.165, 1.54) is 0 Å². The maximum absolute atomic E-state index is 12.0. The number of hydrogen-bond acceptors (Lipinski definition) is 6. The van der Waals surface area contributed by atoms with Crippen molar-refractivity contribution in [3.63, 3.8) is 0 Å². The van der Waals surface area contributed by atoms with E-state index in [9.17, 15) is 4.79 Å². The molecule has 0 radical (unpaired) electrons. The molecule has 1 fully saturated rings. The molecular weight excluding hydrogens is 419 g/mol. The lowest BCUT2D eigenvalue weighted by Crippen LogP contribution is -2.41. The van der Waals surface area contributed by atoms with Crippen molar-refractivity contribution in [2.24, 2.45) is 7.05 Å². The minimum absolute atomic E-state index is 0.166. The minimum Gasteiger partial charge on any atom is -0.487 e. The van der Waals surface area contributed by atoms with Gasteiger partial charge < -0.3 is 18.8 Å². The Morgan fingerprint density at radius 1 is 1.09 bits per heavy atom. The molecule has 0 saturated carbocycles. The number of carbonyl (C=O) groups excluding carboxylic acids is 1. The SMILES string of the molecule is CCOC(=O)Cc1ccccc1OCc1nn(C)c2ccc(B3OC(C)(C)C(C)(C)O3)cc12. The zero-order valence-electron chi connectivity index (χ0n) is 20.2. The molecule has 0 aliphatic carbocycles. The lowest BCUT2D eigenvalue weighted by molar-refractivity contribution is -0.142. The van der Waals surface area contributed by atoms with E-state index in [-0.39, 0.29) is 19.0 Å². The van der Waals surface area contributed by atoms with Crippen LogP contribution in [-0.2, 0) is 38.9 Å². The number of rotatable bonds is 7. The molecule has 0 N–H and O–H groups in total. The van der Waals surface area contributed by atoms with Gasteiger partial charge in [-0.2, -0.15) is 5.10 Å². The van der Waals surface area contributed by atoms with Gasteiger partial charge >= 0.3 is 13.1 Å². The Labute approximate surface area is 195 Å². The molecule has 0 spiro atoms. The van der Waals surface area contributed by atoms with Gasteiger partial charge in [-0.05, 0) is 52.2 Å². The number of fused-ring (bicyclic) bond motifs is 1. The zero-order chi connectivity index (χ0) is 23.8. The van der Waals surface area contributed by atoms with Gasteiger partial charge in [0.25, 0.3) is 0 Å². The van der Waals surface area contributed by atoms with Gasteiger partial charge in [-0.3, -0.25) is 9.48 Å². The van der Waals surface area contributed by atoms with Crippen molar-refractivity contribution in [3.05, 3.63) is 53.7 Å². The van der Waals surface area contributed by atoms with Gasteiger partial charge in [0, 0.05) is 18.0 Å². The van der Waals surface area contributed by atoms with Crippen LogP contribution in [0.25, 0.3) is 10.9 Å². The maximum Gasteiger partial charge on any atom is 0.494 e. The first kappa shape index (κ1) is 23.3. The second-order valence-corrected chi connectivity index (χ2v) is 9.31. The highest BCUT2D eigenvalue weighted by Gasteiger charge is 2.51. The van der Waals surface area contributed by atoms with Crippen LogP contribution in [0.2, 0.25) is 0 Å². The molecule has 4 rings (SSSR count). The smallest absolute Gasteiger partial charge is 0.487 e. The largest absolute Gasteiger partial charge is 0.494 e. The second kappa shape index (κ2) is 8.84. The molecule has 0 atom stereocenters. The number of carbonyl (C=O) groups is 1. The summed E-state index contributed by atoms with van der Waals surface area (Å²) in [7, 11) is 1.47. The number of aromatic nitrogens is 2. The highest BCUT2D eigenvalue weighted by molar-refractivity contribution is 6.62.